The molecule has 4 rings (SSSR count). The lowest BCUT2D eigenvalue weighted by molar-refractivity contribution is -0.347. The van der Waals surface area contributed by atoms with Crippen LogP contribution in [0, 0.1) is 17.3 Å². The molecule has 5 N–H and O–H groups in total. The minimum atomic E-state index is -2.11. The molecule has 152 valence electrons. The van der Waals surface area contributed by atoms with Gasteiger partial charge in [0.15, 0.2) is 5.78 Å². The number of ether oxygens (including phenoxy) is 1. The van der Waals surface area contributed by atoms with E-state index < -0.39 is 33.9 Å². The van der Waals surface area contributed by atoms with Crippen molar-refractivity contribution < 1.29 is 35.1 Å². The highest BCUT2D eigenvalue weighted by molar-refractivity contribution is 5.98. The fraction of sp³-hybridized carbons (Fsp3) is 0.850. The topological polar surface area (TPSA) is 127 Å². The van der Waals surface area contributed by atoms with E-state index in [1.807, 2.05) is 0 Å². The van der Waals surface area contributed by atoms with Crippen molar-refractivity contribution in [2.24, 2.45) is 17.3 Å². The van der Waals surface area contributed by atoms with E-state index in [-0.39, 0.29) is 36.9 Å². The number of hydrogen-bond donors (Lipinski definition) is 5. The molecule has 1 heterocycles. The van der Waals surface area contributed by atoms with Crippen LogP contribution in [0.15, 0.2) is 11.6 Å². The van der Waals surface area contributed by atoms with Crippen molar-refractivity contribution in [2.75, 3.05) is 13.2 Å². The van der Waals surface area contributed by atoms with Gasteiger partial charge in [0, 0.05) is 5.92 Å². The van der Waals surface area contributed by atoms with Gasteiger partial charge in [-0.1, -0.05) is 0 Å². The van der Waals surface area contributed by atoms with Gasteiger partial charge in [-0.2, -0.15) is 0 Å². The van der Waals surface area contributed by atoms with Crippen molar-refractivity contribution in [1.29, 1.82) is 0 Å². The summed E-state index contributed by atoms with van der Waals surface area (Å²) in [5.41, 5.74) is -8.08. The lowest BCUT2D eigenvalue weighted by atomic mass is 9.41. The molecule has 0 aromatic carbocycles. The summed E-state index contributed by atoms with van der Waals surface area (Å²) >= 11 is 0. The minimum Gasteiger partial charge on any atom is -0.387 e. The Morgan fingerprint density at radius 2 is 1.85 bits per heavy atom. The molecule has 27 heavy (non-hydrogen) atoms. The van der Waals surface area contributed by atoms with E-state index in [1.54, 1.807) is 6.92 Å². The van der Waals surface area contributed by atoms with E-state index in [4.69, 9.17) is 4.74 Å². The number of hydrogen-bond acceptors (Lipinski definition) is 7. The van der Waals surface area contributed by atoms with Gasteiger partial charge in [0.1, 0.15) is 22.9 Å². The lowest BCUT2D eigenvalue weighted by Crippen LogP contribution is -2.82. The first-order chi connectivity index (χ1) is 12.3. The Bertz CT molecular complexity index is 712. The molecule has 0 spiro atoms. The average molecular weight is 382 g/mol. The van der Waals surface area contributed by atoms with Gasteiger partial charge < -0.3 is 30.3 Å². The third-order valence-electron chi connectivity index (χ3n) is 8.34. The Morgan fingerprint density at radius 3 is 2.48 bits per heavy atom. The van der Waals surface area contributed by atoms with Crippen LogP contribution in [0.3, 0.4) is 0 Å². The molecular weight excluding hydrogens is 352 g/mol. The summed E-state index contributed by atoms with van der Waals surface area (Å²) in [6.45, 7) is 5.29. The molecule has 7 nitrogen and oxygen atoms in total. The highest BCUT2D eigenvalue weighted by Crippen LogP contribution is 2.64. The smallest absolute Gasteiger partial charge is 0.164 e. The molecule has 3 fully saturated rings. The second kappa shape index (κ2) is 5.40. The number of rotatable bonds is 1. The molecule has 0 bridgehead atoms. The first-order valence-corrected chi connectivity index (χ1v) is 9.73. The fourth-order valence-electron chi connectivity index (χ4n) is 6.36. The molecule has 7 unspecified atom stereocenters. The second-order valence-corrected chi connectivity index (χ2v) is 9.72. The Balaban J connectivity index is 1.83. The van der Waals surface area contributed by atoms with Crippen LogP contribution in [0.4, 0.5) is 0 Å². The quantitative estimate of drug-likeness (QED) is 0.420. The van der Waals surface area contributed by atoms with E-state index in [2.05, 4.69) is 0 Å². The lowest BCUT2D eigenvalue weighted by Gasteiger charge is -2.67. The van der Waals surface area contributed by atoms with Crippen molar-refractivity contribution in [1.82, 2.24) is 0 Å². The van der Waals surface area contributed by atoms with Crippen molar-refractivity contribution in [3.8, 4) is 0 Å². The van der Waals surface area contributed by atoms with Crippen molar-refractivity contribution in [3.05, 3.63) is 11.6 Å². The number of fused-ring (bicyclic) bond motifs is 5. The summed E-state index contributed by atoms with van der Waals surface area (Å²) in [4.78, 5) is 13.2. The van der Waals surface area contributed by atoms with Gasteiger partial charge >= 0.3 is 0 Å². The van der Waals surface area contributed by atoms with Crippen molar-refractivity contribution >= 4 is 5.78 Å². The van der Waals surface area contributed by atoms with E-state index in [1.165, 1.54) is 19.9 Å². The zero-order chi connectivity index (χ0) is 20.0. The molecule has 0 amide bonds. The molecule has 1 saturated heterocycles. The first-order valence-electron chi connectivity index (χ1n) is 9.73. The molecule has 7 atom stereocenters. The molecule has 7 heteroatoms. The summed E-state index contributed by atoms with van der Waals surface area (Å²) in [6.07, 6.45) is -0.0628. The number of aliphatic hydroxyl groups excluding tert-OH is 1. The molecule has 1 aliphatic heterocycles. The van der Waals surface area contributed by atoms with E-state index >= 15 is 0 Å². The number of aliphatic hydroxyl groups is 5. The largest absolute Gasteiger partial charge is 0.387 e. The van der Waals surface area contributed by atoms with Crippen LogP contribution in [0.5, 0.6) is 0 Å². The standard InChI is InChI=1S/C20H30O7/c1-16(2,23)18(24)6-7-20(26)17(3)13(4-5-19(20,25)15(18)22)12-10-27-9-11(12)8-14(17)21/h8,12-13,15,22-26H,4-7,9-10H2,1-3H3. The molecule has 0 aromatic rings. The maximum absolute atomic E-state index is 13.2. The molecule has 2 saturated carbocycles. The van der Waals surface area contributed by atoms with E-state index in [0.29, 0.717) is 19.6 Å². The van der Waals surface area contributed by atoms with Crippen molar-refractivity contribution in [3.63, 3.8) is 0 Å². The summed E-state index contributed by atoms with van der Waals surface area (Å²) in [7, 11) is 0. The van der Waals surface area contributed by atoms with Gasteiger partial charge in [-0.3, -0.25) is 4.79 Å². The predicted molar refractivity (Wildman–Crippen MR) is 94.6 cm³/mol. The molecule has 4 aliphatic rings. The van der Waals surface area contributed by atoms with Gasteiger partial charge in [-0.15, -0.1) is 0 Å². The van der Waals surface area contributed by atoms with Crippen LogP contribution in [0.1, 0.15) is 46.5 Å². The zero-order valence-corrected chi connectivity index (χ0v) is 16.1. The highest BCUT2D eigenvalue weighted by Gasteiger charge is 2.77. The molecular formula is C20H30O7. The first kappa shape index (κ1) is 19.5. The van der Waals surface area contributed by atoms with Crippen LogP contribution in [0.2, 0.25) is 0 Å². The van der Waals surface area contributed by atoms with Crippen LogP contribution in [-0.4, -0.2) is 73.0 Å². The monoisotopic (exact) mass is 382 g/mol. The Kier molecular flexibility index (Phi) is 3.90. The van der Waals surface area contributed by atoms with Crippen LogP contribution >= 0.6 is 0 Å². The predicted octanol–water partition coefficient (Wildman–Crippen LogP) is -0.323. The second-order valence-electron chi connectivity index (χ2n) is 9.72. The molecule has 0 radical (unpaired) electrons. The third-order valence-corrected chi connectivity index (χ3v) is 8.34. The van der Waals surface area contributed by atoms with Gasteiger partial charge in [0.2, 0.25) is 0 Å². The number of ketones is 1. The van der Waals surface area contributed by atoms with Gasteiger partial charge in [-0.05, 0) is 64.0 Å². The average Bonchev–Trinajstić information content (AvgIpc) is 3.03. The third kappa shape index (κ3) is 2.05. The summed E-state index contributed by atoms with van der Waals surface area (Å²) in [5, 5.41) is 55.7. The van der Waals surface area contributed by atoms with Crippen LogP contribution < -0.4 is 0 Å². The number of allylic oxidation sites excluding steroid dienone is 1. The zero-order valence-electron chi connectivity index (χ0n) is 16.1. The maximum atomic E-state index is 13.2. The Hall–Kier alpha value is -0.830. The Labute approximate surface area is 158 Å². The highest BCUT2D eigenvalue weighted by atomic mass is 16.5. The Morgan fingerprint density at radius 1 is 1.19 bits per heavy atom. The molecule has 3 aliphatic carbocycles. The van der Waals surface area contributed by atoms with Gasteiger partial charge in [-0.25, -0.2) is 0 Å². The van der Waals surface area contributed by atoms with Gasteiger partial charge in [0.05, 0.1) is 24.2 Å². The SMILES string of the molecule is CC(C)(O)C1(O)CCC2(O)C(O)(CCC3C4COCC4=CC(=O)C32C)C1O. The van der Waals surface area contributed by atoms with Crippen molar-refractivity contribution in [2.45, 2.75) is 75.0 Å². The van der Waals surface area contributed by atoms with Crippen LogP contribution in [0.25, 0.3) is 0 Å². The van der Waals surface area contributed by atoms with Crippen LogP contribution in [-0.2, 0) is 9.53 Å². The maximum Gasteiger partial charge on any atom is 0.164 e. The number of carbonyl (C=O) groups is 1. The summed E-state index contributed by atoms with van der Waals surface area (Å²) in [5.74, 6) is -0.474. The normalized spacial score (nSPS) is 52.7. The minimum absolute atomic E-state index is 0.00788. The van der Waals surface area contributed by atoms with E-state index in [9.17, 15) is 30.3 Å². The number of carbonyl (C=O) groups excluding carboxylic acids is 1. The summed E-state index contributed by atoms with van der Waals surface area (Å²) in [6, 6.07) is 0. The fourth-order valence-corrected chi connectivity index (χ4v) is 6.36. The van der Waals surface area contributed by atoms with E-state index in [0.717, 1.165) is 5.57 Å². The summed E-state index contributed by atoms with van der Waals surface area (Å²) < 4.78 is 5.54. The molecule has 0 aromatic heterocycles. The van der Waals surface area contributed by atoms with Gasteiger partial charge in [0.25, 0.3) is 0 Å².